The van der Waals surface area contributed by atoms with E-state index in [0.717, 1.165) is 18.7 Å². The first-order chi connectivity index (χ1) is 16.1. The van der Waals surface area contributed by atoms with E-state index in [9.17, 15) is 9.59 Å². The maximum Gasteiger partial charge on any atom is 0.189 e. The molecule has 1 aliphatic rings. The van der Waals surface area contributed by atoms with Crippen molar-refractivity contribution in [3.8, 4) is 0 Å². The van der Waals surface area contributed by atoms with E-state index in [1.54, 1.807) is 12.1 Å². The standard InChI is InChI=1S/C29H29NO3/c1-22(28(31)24-13-7-3-8-14-24)27(23-11-5-2-6-12-23)26(21-30-17-19-33-20-18-30)29(32)25-15-9-4-10-16-25/h2-16,26-27H,1,17-21H2/t26-,27-/m0/s1. The number of allylic oxidation sites excluding steroid dienone is 1. The number of hydrogen-bond acceptors (Lipinski definition) is 4. The highest BCUT2D eigenvalue weighted by Gasteiger charge is 2.36. The van der Waals surface area contributed by atoms with Gasteiger partial charge in [0, 0.05) is 48.2 Å². The normalized spacial score (nSPS) is 16.0. The van der Waals surface area contributed by atoms with Gasteiger partial charge in [-0.15, -0.1) is 0 Å². The van der Waals surface area contributed by atoms with Crippen LogP contribution in [-0.4, -0.2) is 49.3 Å². The van der Waals surface area contributed by atoms with Gasteiger partial charge in [-0.2, -0.15) is 0 Å². The lowest BCUT2D eigenvalue weighted by molar-refractivity contribution is 0.0288. The highest BCUT2D eigenvalue weighted by molar-refractivity contribution is 6.10. The fourth-order valence-corrected chi connectivity index (χ4v) is 4.47. The molecule has 4 rings (SSSR count). The number of nitrogens with zero attached hydrogens (tertiary/aromatic N) is 1. The Morgan fingerprint density at radius 3 is 1.88 bits per heavy atom. The second-order valence-corrected chi connectivity index (χ2v) is 8.36. The van der Waals surface area contributed by atoms with Crippen LogP contribution in [0.15, 0.2) is 103 Å². The molecule has 3 aromatic carbocycles. The molecule has 0 bridgehead atoms. The van der Waals surface area contributed by atoms with E-state index in [2.05, 4.69) is 11.5 Å². The molecule has 33 heavy (non-hydrogen) atoms. The maximum absolute atomic E-state index is 13.9. The molecule has 1 saturated heterocycles. The number of ketones is 2. The van der Waals surface area contributed by atoms with Gasteiger partial charge >= 0.3 is 0 Å². The molecule has 0 spiro atoms. The Balaban J connectivity index is 1.75. The lowest BCUT2D eigenvalue weighted by atomic mass is 9.75. The van der Waals surface area contributed by atoms with Gasteiger partial charge in [0.2, 0.25) is 0 Å². The van der Waals surface area contributed by atoms with Crippen molar-refractivity contribution in [3.05, 3.63) is 120 Å². The number of hydrogen-bond donors (Lipinski definition) is 0. The van der Waals surface area contributed by atoms with Gasteiger partial charge in [0.15, 0.2) is 11.6 Å². The summed E-state index contributed by atoms with van der Waals surface area (Å²) in [6.45, 7) is 7.61. The molecule has 168 valence electrons. The van der Waals surface area contributed by atoms with Crippen LogP contribution in [0.25, 0.3) is 0 Å². The lowest BCUT2D eigenvalue weighted by Crippen LogP contribution is -2.43. The summed E-state index contributed by atoms with van der Waals surface area (Å²) in [6.07, 6.45) is 0. The van der Waals surface area contributed by atoms with Crippen molar-refractivity contribution in [3.63, 3.8) is 0 Å². The smallest absolute Gasteiger partial charge is 0.189 e. The molecule has 0 amide bonds. The summed E-state index contributed by atoms with van der Waals surface area (Å²) in [7, 11) is 0. The Morgan fingerprint density at radius 1 is 0.788 bits per heavy atom. The Labute approximate surface area is 195 Å². The van der Waals surface area contributed by atoms with E-state index in [4.69, 9.17) is 4.74 Å². The van der Waals surface area contributed by atoms with Gasteiger partial charge in [-0.3, -0.25) is 14.5 Å². The first kappa shape index (κ1) is 22.8. The zero-order valence-electron chi connectivity index (χ0n) is 18.7. The SMILES string of the molecule is C=C(C(=O)c1ccccc1)[C@@H](c1ccccc1)[C@H](CN1CCOCC1)C(=O)c1ccccc1. The number of carbonyl (C=O) groups excluding carboxylic acids is 2. The molecule has 0 aliphatic carbocycles. The molecule has 0 aromatic heterocycles. The first-order valence-corrected chi connectivity index (χ1v) is 11.4. The largest absolute Gasteiger partial charge is 0.379 e. The third-order valence-corrected chi connectivity index (χ3v) is 6.22. The van der Waals surface area contributed by atoms with Crippen molar-refractivity contribution >= 4 is 11.6 Å². The molecule has 0 unspecified atom stereocenters. The molecule has 2 atom stereocenters. The molecule has 1 heterocycles. The van der Waals surface area contributed by atoms with Gasteiger partial charge in [0.1, 0.15) is 0 Å². The number of morpholine rings is 1. The Morgan fingerprint density at radius 2 is 1.30 bits per heavy atom. The van der Waals surface area contributed by atoms with Crippen molar-refractivity contribution in [1.82, 2.24) is 4.90 Å². The molecule has 0 saturated carbocycles. The van der Waals surface area contributed by atoms with Crippen molar-refractivity contribution < 1.29 is 14.3 Å². The predicted octanol–water partition coefficient (Wildman–Crippen LogP) is 5.04. The van der Waals surface area contributed by atoms with Crippen molar-refractivity contribution in [2.75, 3.05) is 32.8 Å². The molecule has 4 heteroatoms. The second-order valence-electron chi connectivity index (χ2n) is 8.36. The van der Waals surface area contributed by atoms with Crippen LogP contribution in [0.1, 0.15) is 32.2 Å². The van der Waals surface area contributed by atoms with E-state index in [0.29, 0.717) is 36.5 Å². The highest BCUT2D eigenvalue weighted by atomic mass is 16.5. The van der Waals surface area contributed by atoms with E-state index in [-0.39, 0.29) is 11.6 Å². The third kappa shape index (κ3) is 5.54. The Kier molecular flexibility index (Phi) is 7.61. The van der Waals surface area contributed by atoms with Crippen LogP contribution < -0.4 is 0 Å². The van der Waals surface area contributed by atoms with E-state index in [1.807, 2.05) is 78.9 Å². The Hall–Kier alpha value is -3.34. The van der Waals surface area contributed by atoms with Crippen LogP contribution in [0.2, 0.25) is 0 Å². The molecule has 1 fully saturated rings. The van der Waals surface area contributed by atoms with Crippen molar-refractivity contribution in [2.24, 2.45) is 5.92 Å². The highest BCUT2D eigenvalue weighted by Crippen LogP contribution is 2.36. The molecular formula is C29H29NO3. The quantitative estimate of drug-likeness (QED) is 0.346. The second kappa shape index (κ2) is 11.0. The van der Waals surface area contributed by atoms with Gasteiger partial charge in [0.05, 0.1) is 13.2 Å². The number of rotatable bonds is 9. The van der Waals surface area contributed by atoms with Crippen molar-refractivity contribution in [2.45, 2.75) is 5.92 Å². The molecule has 0 radical (unpaired) electrons. The zero-order valence-corrected chi connectivity index (χ0v) is 18.7. The zero-order chi connectivity index (χ0) is 23.0. The summed E-state index contributed by atoms with van der Waals surface area (Å²) in [5.74, 6) is -0.988. The lowest BCUT2D eigenvalue weighted by Gasteiger charge is -2.34. The monoisotopic (exact) mass is 439 g/mol. The van der Waals surface area contributed by atoms with E-state index < -0.39 is 11.8 Å². The average Bonchev–Trinajstić information content (AvgIpc) is 2.89. The minimum absolute atomic E-state index is 0.0259. The summed E-state index contributed by atoms with van der Waals surface area (Å²) in [5.41, 5.74) is 2.60. The minimum atomic E-state index is -0.451. The topological polar surface area (TPSA) is 46.6 Å². The number of benzene rings is 3. The summed E-state index contributed by atoms with van der Waals surface area (Å²) >= 11 is 0. The van der Waals surface area contributed by atoms with Gasteiger partial charge in [-0.05, 0) is 5.56 Å². The fourth-order valence-electron chi connectivity index (χ4n) is 4.47. The van der Waals surface area contributed by atoms with Gasteiger partial charge in [-0.25, -0.2) is 0 Å². The predicted molar refractivity (Wildman–Crippen MR) is 131 cm³/mol. The summed E-state index contributed by atoms with van der Waals surface area (Å²) in [6, 6.07) is 28.3. The molecule has 3 aromatic rings. The van der Waals surface area contributed by atoms with Crippen LogP contribution >= 0.6 is 0 Å². The Bertz CT molecular complexity index is 1070. The third-order valence-electron chi connectivity index (χ3n) is 6.22. The number of ether oxygens (including phenoxy) is 1. The van der Waals surface area contributed by atoms with Crippen LogP contribution in [0, 0.1) is 5.92 Å². The molecule has 0 N–H and O–H groups in total. The van der Waals surface area contributed by atoms with Crippen LogP contribution in [0.4, 0.5) is 0 Å². The minimum Gasteiger partial charge on any atom is -0.379 e. The van der Waals surface area contributed by atoms with Gasteiger partial charge in [0.25, 0.3) is 0 Å². The fraction of sp³-hybridized carbons (Fsp3) is 0.241. The van der Waals surface area contributed by atoms with E-state index >= 15 is 0 Å². The maximum atomic E-state index is 13.9. The number of carbonyl (C=O) groups is 2. The average molecular weight is 440 g/mol. The van der Waals surface area contributed by atoms with Gasteiger partial charge < -0.3 is 4.74 Å². The first-order valence-electron chi connectivity index (χ1n) is 11.4. The van der Waals surface area contributed by atoms with Crippen LogP contribution in [0.5, 0.6) is 0 Å². The molecule has 1 aliphatic heterocycles. The number of Topliss-reactive ketones (excluding diaryl/α,β-unsaturated/α-hetero) is 2. The summed E-state index contributed by atoms with van der Waals surface area (Å²) in [5, 5.41) is 0. The molecule has 4 nitrogen and oxygen atoms in total. The van der Waals surface area contributed by atoms with Crippen LogP contribution in [0.3, 0.4) is 0 Å². The van der Waals surface area contributed by atoms with Crippen molar-refractivity contribution in [1.29, 1.82) is 0 Å². The molecular weight excluding hydrogens is 410 g/mol. The summed E-state index contributed by atoms with van der Waals surface area (Å²) in [4.78, 5) is 29.6. The van der Waals surface area contributed by atoms with E-state index in [1.165, 1.54) is 0 Å². The van der Waals surface area contributed by atoms with Gasteiger partial charge in [-0.1, -0.05) is 97.6 Å². The summed E-state index contributed by atoms with van der Waals surface area (Å²) < 4.78 is 5.52. The van der Waals surface area contributed by atoms with Crippen LogP contribution in [-0.2, 0) is 4.74 Å².